The van der Waals surface area contributed by atoms with Crippen LogP contribution in [0.1, 0.15) is 47.5 Å². The van der Waals surface area contributed by atoms with E-state index in [1.165, 1.54) is 0 Å². The maximum Gasteiger partial charge on any atom is 0.501 e. The topological polar surface area (TPSA) is 36.9 Å². The van der Waals surface area contributed by atoms with Gasteiger partial charge in [-0.1, -0.05) is 6.92 Å². The molecule has 0 N–H and O–H groups in total. The first-order valence-corrected chi connectivity index (χ1v) is 9.10. The van der Waals surface area contributed by atoms with Gasteiger partial charge in [-0.25, -0.2) is 0 Å². The van der Waals surface area contributed by atoms with E-state index >= 15 is 0 Å². The van der Waals surface area contributed by atoms with Crippen molar-refractivity contribution in [2.45, 2.75) is 59.6 Å². The van der Waals surface area contributed by atoms with Crippen LogP contribution in [0.15, 0.2) is 0 Å². The SMILES string of the molecule is CCO[Si](CCCOC(C)CC)(OCC)OCC. The molecule has 0 amide bonds. The Balaban J connectivity index is 4.12. The highest BCUT2D eigenvalue weighted by Gasteiger charge is 2.39. The number of hydrogen-bond acceptors (Lipinski definition) is 4. The van der Waals surface area contributed by atoms with Crippen molar-refractivity contribution in [1.29, 1.82) is 0 Å². The predicted molar refractivity (Wildman–Crippen MR) is 75.8 cm³/mol. The average Bonchev–Trinajstić information content (AvgIpc) is 2.35. The fraction of sp³-hybridized carbons (Fsp3) is 1.00. The van der Waals surface area contributed by atoms with Gasteiger partial charge in [-0.2, -0.15) is 0 Å². The minimum atomic E-state index is -2.46. The predicted octanol–water partition coefficient (Wildman–Crippen LogP) is 3.24. The average molecular weight is 278 g/mol. The van der Waals surface area contributed by atoms with Crippen molar-refractivity contribution in [3.63, 3.8) is 0 Å². The zero-order valence-electron chi connectivity index (χ0n) is 12.7. The van der Waals surface area contributed by atoms with E-state index in [4.69, 9.17) is 18.0 Å². The summed E-state index contributed by atoms with van der Waals surface area (Å²) in [6.45, 7) is 12.8. The van der Waals surface area contributed by atoms with E-state index in [2.05, 4.69) is 13.8 Å². The highest BCUT2D eigenvalue weighted by Crippen LogP contribution is 2.18. The quantitative estimate of drug-likeness (QED) is 0.406. The van der Waals surface area contributed by atoms with Crippen LogP contribution >= 0.6 is 0 Å². The Hall–Kier alpha value is 0.0569. The fourth-order valence-electron chi connectivity index (χ4n) is 1.69. The van der Waals surface area contributed by atoms with Gasteiger partial charge in [-0.3, -0.25) is 0 Å². The zero-order valence-corrected chi connectivity index (χ0v) is 13.7. The van der Waals surface area contributed by atoms with Crippen molar-refractivity contribution in [1.82, 2.24) is 0 Å². The molecule has 0 fully saturated rings. The first-order chi connectivity index (χ1) is 8.64. The van der Waals surface area contributed by atoms with E-state index in [0.717, 1.165) is 25.5 Å². The Kier molecular flexibility index (Phi) is 11.0. The van der Waals surface area contributed by atoms with Crippen LogP contribution in [0.3, 0.4) is 0 Å². The maximum absolute atomic E-state index is 5.78. The van der Waals surface area contributed by atoms with E-state index < -0.39 is 8.80 Å². The number of rotatable bonds is 12. The lowest BCUT2D eigenvalue weighted by Gasteiger charge is -2.28. The summed E-state index contributed by atoms with van der Waals surface area (Å²) in [5, 5.41) is 0. The van der Waals surface area contributed by atoms with Crippen molar-refractivity contribution in [2.24, 2.45) is 0 Å². The minimum Gasteiger partial charge on any atom is -0.379 e. The lowest BCUT2D eigenvalue weighted by Crippen LogP contribution is -2.46. The highest BCUT2D eigenvalue weighted by molar-refractivity contribution is 6.60. The minimum absolute atomic E-state index is 0.326. The lowest BCUT2D eigenvalue weighted by atomic mass is 10.3. The van der Waals surface area contributed by atoms with E-state index in [1.54, 1.807) is 0 Å². The third-order valence-corrected chi connectivity index (χ3v) is 5.85. The summed E-state index contributed by atoms with van der Waals surface area (Å²) in [6, 6.07) is 0.832. The van der Waals surface area contributed by atoms with Crippen LogP contribution in [0.4, 0.5) is 0 Å². The van der Waals surface area contributed by atoms with Gasteiger partial charge in [0.15, 0.2) is 0 Å². The standard InChI is InChI=1S/C13H30O4Si/c1-6-13(5)14-11-10-12-18(15-7-2,16-8-3)17-9-4/h13H,6-12H2,1-5H3. The van der Waals surface area contributed by atoms with Gasteiger partial charge in [-0.05, 0) is 40.5 Å². The molecule has 18 heavy (non-hydrogen) atoms. The summed E-state index contributed by atoms with van der Waals surface area (Å²) in [7, 11) is -2.46. The molecule has 1 atom stereocenters. The summed E-state index contributed by atoms with van der Waals surface area (Å²) in [5.74, 6) is 0. The molecule has 5 heteroatoms. The third-order valence-electron chi connectivity index (χ3n) is 2.70. The Morgan fingerprint density at radius 3 is 1.78 bits per heavy atom. The van der Waals surface area contributed by atoms with Gasteiger partial charge in [0.2, 0.25) is 0 Å². The molecule has 0 radical (unpaired) electrons. The number of ether oxygens (including phenoxy) is 1. The van der Waals surface area contributed by atoms with E-state index in [1.807, 2.05) is 20.8 Å². The summed E-state index contributed by atoms with van der Waals surface area (Å²) in [6.07, 6.45) is 2.30. The second-order valence-corrected chi connectivity index (χ2v) is 6.91. The van der Waals surface area contributed by atoms with Crippen LogP contribution in [0, 0.1) is 0 Å². The smallest absolute Gasteiger partial charge is 0.379 e. The summed E-state index contributed by atoms with van der Waals surface area (Å²) in [5.41, 5.74) is 0. The summed E-state index contributed by atoms with van der Waals surface area (Å²) < 4.78 is 23.0. The molecule has 0 rings (SSSR count). The molecule has 0 heterocycles. The molecular weight excluding hydrogens is 248 g/mol. The lowest BCUT2D eigenvalue weighted by molar-refractivity contribution is 0.0494. The van der Waals surface area contributed by atoms with Gasteiger partial charge >= 0.3 is 8.80 Å². The molecule has 0 aromatic carbocycles. The van der Waals surface area contributed by atoms with Crippen LogP contribution in [-0.2, 0) is 18.0 Å². The molecule has 0 aliphatic carbocycles. The molecule has 110 valence electrons. The Bertz CT molecular complexity index is 173. The molecular formula is C13H30O4Si. The van der Waals surface area contributed by atoms with E-state index in [9.17, 15) is 0 Å². The molecule has 0 saturated heterocycles. The highest BCUT2D eigenvalue weighted by atomic mass is 28.4. The molecule has 1 unspecified atom stereocenters. The van der Waals surface area contributed by atoms with Gasteiger partial charge < -0.3 is 18.0 Å². The van der Waals surface area contributed by atoms with Gasteiger partial charge in [0.25, 0.3) is 0 Å². The molecule has 4 nitrogen and oxygen atoms in total. The van der Waals surface area contributed by atoms with Gasteiger partial charge in [0, 0.05) is 32.5 Å². The zero-order chi connectivity index (χ0) is 13.9. The fourth-order valence-corrected chi connectivity index (χ4v) is 4.27. The summed E-state index contributed by atoms with van der Waals surface area (Å²) >= 11 is 0. The van der Waals surface area contributed by atoms with E-state index in [0.29, 0.717) is 25.9 Å². The molecule has 0 aliphatic heterocycles. The molecule has 0 bridgehead atoms. The van der Waals surface area contributed by atoms with Crippen LogP contribution in [0.5, 0.6) is 0 Å². The van der Waals surface area contributed by atoms with E-state index in [-0.39, 0.29) is 0 Å². The summed E-state index contributed by atoms with van der Waals surface area (Å²) in [4.78, 5) is 0. The molecule has 0 spiro atoms. The van der Waals surface area contributed by atoms with Crippen LogP contribution < -0.4 is 0 Å². The van der Waals surface area contributed by atoms with Gasteiger partial charge in [0.1, 0.15) is 0 Å². The first kappa shape index (κ1) is 18.1. The van der Waals surface area contributed by atoms with Crippen LogP contribution in [0.25, 0.3) is 0 Å². The maximum atomic E-state index is 5.78. The normalized spacial score (nSPS) is 13.8. The largest absolute Gasteiger partial charge is 0.501 e. The first-order valence-electron chi connectivity index (χ1n) is 7.17. The van der Waals surface area contributed by atoms with Crippen molar-refractivity contribution >= 4 is 8.80 Å². The Labute approximate surface area is 113 Å². The van der Waals surface area contributed by atoms with Gasteiger partial charge in [0.05, 0.1) is 6.10 Å². The second-order valence-electron chi connectivity index (χ2n) is 4.18. The van der Waals surface area contributed by atoms with Crippen LogP contribution in [0.2, 0.25) is 6.04 Å². The third kappa shape index (κ3) is 7.48. The van der Waals surface area contributed by atoms with Crippen LogP contribution in [-0.4, -0.2) is 41.3 Å². The molecule has 0 saturated carbocycles. The van der Waals surface area contributed by atoms with Crippen molar-refractivity contribution in [2.75, 3.05) is 26.4 Å². The van der Waals surface area contributed by atoms with Crippen molar-refractivity contribution < 1.29 is 18.0 Å². The van der Waals surface area contributed by atoms with Crippen molar-refractivity contribution in [3.05, 3.63) is 0 Å². The van der Waals surface area contributed by atoms with Gasteiger partial charge in [-0.15, -0.1) is 0 Å². The molecule has 0 aromatic heterocycles. The molecule has 0 aliphatic rings. The number of hydrogen-bond donors (Lipinski definition) is 0. The Morgan fingerprint density at radius 1 is 0.889 bits per heavy atom. The monoisotopic (exact) mass is 278 g/mol. The Morgan fingerprint density at radius 2 is 1.39 bits per heavy atom. The van der Waals surface area contributed by atoms with Crippen molar-refractivity contribution in [3.8, 4) is 0 Å². The second kappa shape index (κ2) is 10.9. The molecule has 0 aromatic rings.